The van der Waals surface area contributed by atoms with E-state index in [1.807, 2.05) is 54.6 Å². The summed E-state index contributed by atoms with van der Waals surface area (Å²) >= 11 is 0. The van der Waals surface area contributed by atoms with E-state index in [2.05, 4.69) is 41.4 Å². The smallest absolute Gasteiger partial charge is 0.275 e. The molecule has 3 aromatic carbocycles. The van der Waals surface area contributed by atoms with Crippen LogP contribution < -0.4 is 10.9 Å². The van der Waals surface area contributed by atoms with E-state index in [0.29, 0.717) is 17.6 Å². The standard InChI is InChI=1S/C28H28N4O2/c1-20-11-13-21(14-12-20)26-24-9-5-6-10-25(24)28(34)32(30-26)19-31-17-15-23(16-18-31)29-27(33)22-7-3-2-4-8-22/h2-14,23H,15-19H2,1H3,(H,29,33). The number of fused-ring (bicyclic) bond motifs is 1. The molecule has 0 radical (unpaired) electrons. The van der Waals surface area contributed by atoms with E-state index in [1.165, 1.54) is 5.56 Å². The first-order valence-corrected chi connectivity index (χ1v) is 11.7. The Hall–Kier alpha value is -3.77. The lowest BCUT2D eigenvalue weighted by molar-refractivity contribution is 0.0895. The third-order valence-electron chi connectivity index (χ3n) is 6.49. The summed E-state index contributed by atoms with van der Waals surface area (Å²) < 4.78 is 1.58. The molecule has 2 heterocycles. The molecule has 0 atom stereocenters. The van der Waals surface area contributed by atoms with Crippen LogP contribution in [0.2, 0.25) is 0 Å². The summed E-state index contributed by atoms with van der Waals surface area (Å²) in [6, 6.07) is 25.4. The zero-order valence-corrected chi connectivity index (χ0v) is 19.3. The highest BCUT2D eigenvalue weighted by Gasteiger charge is 2.22. The van der Waals surface area contributed by atoms with Gasteiger partial charge in [0.05, 0.1) is 17.7 Å². The molecule has 1 amide bonds. The van der Waals surface area contributed by atoms with Crippen molar-refractivity contribution in [2.24, 2.45) is 0 Å². The molecular weight excluding hydrogens is 424 g/mol. The number of nitrogens with one attached hydrogen (secondary N) is 1. The zero-order valence-electron chi connectivity index (χ0n) is 19.3. The van der Waals surface area contributed by atoms with Crippen molar-refractivity contribution in [2.75, 3.05) is 13.1 Å². The molecule has 0 spiro atoms. The van der Waals surface area contributed by atoms with E-state index in [9.17, 15) is 9.59 Å². The zero-order chi connectivity index (χ0) is 23.5. The number of piperidine rings is 1. The Morgan fingerprint density at radius 3 is 2.26 bits per heavy atom. The van der Waals surface area contributed by atoms with Gasteiger partial charge >= 0.3 is 0 Å². The summed E-state index contributed by atoms with van der Waals surface area (Å²) in [7, 11) is 0. The van der Waals surface area contributed by atoms with Gasteiger partial charge in [-0.25, -0.2) is 4.68 Å². The topological polar surface area (TPSA) is 67.2 Å². The predicted molar refractivity (Wildman–Crippen MR) is 135 cm³/mol. The van der Waals surface area contributed by atoms with Crippen molar-refractivity contribution >= 4 is 16.7 Å². The van der Waals surface area contributed by atoms with Gasteiger partial charge in [0.25, 0.3) is 11.5 Å². The SMILES string of the molecule is Cc1ccc(-c2nn(CN3CCC(NC(=O)c4ccccc4)CC3)c(=O)c3ccccc23)cc1. The fourth-order valence-electron chi connectivity index (χ4n) is 4.52. The van der Waals surface area contributed by atoms with Gasteiger partial charge in [0.15, 0.2) is 0 Å². The maximum absolute atomic E-state index is 13.2. The van der Waals surface area contributed by atoms with Crippen LogP contribution >= 0.6 is 0 Å². The summed E-state index contributed by atoms with van der Waals surface area (Å²) in [5.41, 5.74) is 3.60. The minimum absolute atomic E-state index is 0.0331. The number of hydrogen-bond acceptors (Lipinski definition) is 4. The molecule has 0 aliphatic carbocycles. The van der Waals surface area contributed by atoms with E-state index in [0.717, 1.165) is 42.6 Å². The minimum atomic E-state index is -0.0778. The van der Waals surface area contributed by atoms with Crippen molar-refractivity contribution < 1.29 is 4.79 Å². The molecule has 4 aromatic rings. The van der Waals surface area contributed by atoms with E-state index < -0.39 is 0 Å². The number of likely N-dealkylation sites (tertiary alicyclic amines) is 1. The molecule has 1 aliphatic rings. The number of nitrogens with zero attached hydrogens (tertiary/aromatic N) is 3. The van der Waals surface area contributed by atoms with Crippen LogP contribution in [0, 0.1) is 6.92 Å². The largest absolute Gasteiger partial charge is 0.349 e. The molecule has 5 rings (SSSR count). The molecule has 6 nitrogen and oxygen atoms in total. The molecular formula is C28H28N4O2. The second kappa shape index (κ2) is 9.61. The molecule has 1 aliphatic heterocycles. The average molecular weight is 453 g/mol. The maximum atomic E-state index is 13.2. The Morgan fingerprint density at radius 1 is 0.912 bits per heavy atom. The minimum Gasteiger partial charge on any atom is -0.349 e. The lowest BCUT2D eigenvalue weighted by Crippen LogP contribution is -2.46. The highest BCUT2D eigenvalue weighted by molar-refractivity contribution is 5.94. The summed E-state index contributed by atoms with van der Waals surface area (Å²) in [6.45, 7) is 4.07. The number of carbonyl (C=O) groups excluding carboxylic acids is 1. The third-order valence-corrected chi connectivity index (χ3v) is 6.49. The molecule has 6 heteroatoms. The maximum Gasteiger partial charge on any atom is 0.275 e. The van der Waals surface area contributed by atoms with Gasteiger partial charge in [0.2, 0.25) is 0 Å². The first-order chi connectivity index (χ1) is 16.6. The van der Waals surface area contributed by atoms with E-state index in [4.69, 9.17) is 5.10 Å². The highest BCUT2D eigenvalue weighted by atomic mass is 16.1. The number of carbonyl (C=O) groups is 1. The van der Waals surface area contributed by atoms with E-state index >= 15 is 0 Å². The van der Waals surface area contributed by atoms with Crippen molar-refractivity contribution in [3.8, 4) is 11.3 Å². The van der Waals surface area contributed by atoms with Crippen molar-refractivity contribution in [1.82, 2.24) is 20.0 Å². The van der Waals surface area contributed by atoms with Crippen LogP contribution in [0.4, 0.5) is 0 Å². The Bertz CT molecular complexity index is 1360. The monoisotopic (exact) mass is 452 g/mol. The Balaban J connectivity index is 1.33. The number of benzene rings is 3. The van der Waals surface area contributed by atoms with Gasteiger partial charge in [0.1, 0.15) is 0 Å². The van der Waals surface area contributed by atoms with Gasteiger partial charge in [-0.3, -0.25) is 14.5 Å². The van der Waals surface area contributed by atoms with Crippen LogP contribution in [0.15, 0.2) is 83.7 Å². The molecule has 1 fully saturated rings. The van der Waals surface area contributed by atoms with Gasteiger partial charge in [-0.2, -0.15) is 5.10 Å². The molecule has 1 N–H and O–H groups in total. The molecule has 0 unspecified atom stereocenters. The summed E-state index contributed by atoms with van der Waals surface area (Å²) in [5, 5.41) is 9.48. The Kier molecular flexibility index (Phi) is 6.23. The summed E-state index contributed by atoms with van der Waals surface area (Å²) in [6.07, 6.45) is 1.68. The summed E-state index contributed by atoms with van der Waals surface area (Å²) in [5.74, 6) is -0.0331. The molecule has 1 saturated heterocycles. The van der Waals surface area contributed by atoms with Gasteiger partial charge in [-0.05, 0) is 38.0 Å². The van der Waals surface area contributed by atoms with Crippen molar-refractivity contribution in [1.29, 1.82) is 0 Å². The van der Waals surface area contributed by atoms with Gasteiger partial charge < -0.3 is 5.32 Å². The first-order valence-electron chi connectivity index (χ1n) is 11.7. The fraction of sp³-hybridized carbons (Fsp3) is 0.250. The van der Waals surface area contributed by atoms with Crippen LogP contribution in [0.5, 0.6) is 0 Å². The lowest BCUT2D eigenvalue weighted by Gasteiger charge is -2.32. The van der Waals surface area contributed by atoms with Gasteiger partial charge in [-0.1, -0.05) is 66.2 Å². The van der Waals surface area contributed by atoms with Crippen LogP contribution in [-0.2, 0) is 6.67 Å². The number of amides is 1. The van der Waals surface area contributed by atoms with Crippen molar-refractivity contribution in [3.63, 3.8) is 0 Å². The van der Waals surface area contributed by atoms with Crippen LogP contribution in [0.25, 0.3) is 22.0 Å². The number of aromatic nitrogens is 2. The molecule has 172 valence electrons. The predicted octanol–water partition coefficient (Wildman–Crippen LogP) is 4.22. The second-order valence-corrected chi connectivity index (χ2v) is 8.94. The summed E-state index contributed by atoms with van der Waals surface area (Å²) in [4.78, 5) is 27.9. The van der Waals surface area contributed by atoms with Crippen molar-refractivity contribution in [2.45, 2.75) is 32.5 Å². The van der Waals surface area contributed by atoms with Crippen LogP contribution in [0.1, 0.15) is 28.8 Å². The quantitative estimate of drug-likeness (QED) is 0.492. The molecule has 1 aromatic heterocycles. The molecule has 0 bridgehead atoms. The van der Waals surface area contributed by atoms with Gasteiger partial charge in [0, 0.05) is 35.6 Å². The number of aryl methyl sites for hydroxylation is 1. The van der Waals surface area contributed by atoms with Gasteiger partial charge in [-0.15, -0.1) is 0 Å². The highest BCUT2D eigenvalue weighted by Crippen LogP contribution is 2.25. The molecule has 0 saturated carbocycles. The van der Waals surface area contributed by atoms with Crippen LogP contribution in [0.3, 0.4) is 0 Å². The number of rotatable bonds is 5. The molecule has 34 heavy (non-hydrogen) atoms. The Morgan fingerprint density at radius 2 is 1.56 bits per heavy atom. The fourth-order valence-corrected chi connectivity index (χ4v) is 4.52. The second-order valence-electron chi connectivity index (χ2n) is 8.94. The normalized spacial score (nSPS) is 14.9. The average Bonchev–Trinajstić information content (AvgIpc) is 2.88. The van der Waals surface area contributed by atoms with Crippen LogP contribution in [-0.4, -0.2) is 39.7 Å². The van der Waals surface area contributed by atoms with E-state index in [-0.39, 0.29) is 17.5 Å². The first kappa shape index (κ1) is 22.0. The van der Waals surface area contributed by atoms with Crippen molar-refractivity contribution in [3.05, 3.63) is 100 Å². The van der Waals surface area contributed by atoms with E-state index in [1.54, 1.807) is 4.68 Å². The lowest BCUT2D eigenvalue weighted by atomic mass is 10.0. The Labute approximate surface area is 198 Å². The third kappa shape index (κ3) is 4.63. The number of hydrogen-bond donors (Lipinski definition) is 1.